The number of guanidine groups is 1. The van der Waals surface area contributed by atoms with Crippen molar-refractivity contribution in [3.8, 4) is 0 Å². The molecule has 1 aromatic carbocycles. The maximum atomic E-state index is 12.6. The number of aliphatic imine (C=N–C) groups is 1. The maximum absolute atomic E-state index is 12.6. The van der Waals surface area contributed by atoms with Crippen molar-refractivity contribution < 1.29 is 8.42 Å². The first-order valence-corrected chi connectivity index (χ1v) is 11.9. The highest BCUT2D eigenvalue weighted by molar-refractivity contribution is 8.00. The number of hydrogen-bond acceptors (Lipinski definition) is 4. The van der Waals surface area contributed by atoms with Crippen molar-refractivity contribution >= 4 is 27.7 Å². The van der Waals surface area contributed by atoms with Gasteiger partial charge in [-0.3, -0.25) is 4.99 Å². The molecule has 0 aromatic heterocycles. The Balaban J connectivity index is 1.61. The second-order valence-corrected chi connectivity index (χ2v) is 11.4. The highest BCUT2D eigenvalue weighted by atomic mass is 32.2. The highest BCUT2D eigenvalue weighted by Crippen LogP contribution is 2.29. The summed E-state index contributed by atoms with van der Waals surface area (Å²) in [4.78, 5) is 7.10. The van der Waals surface area contributed by atoms with Crippen LogP contribution in [0.15, 0.2) is 34.2 Å². The first kappa shape index (κ1) is 20.5. The highest BCUT2D eigenvalue weighted by Gasteiger charge is 2.29. The minimum absolute atomic E-state index is 0.224. The number of thioether (sulfide) groups is 1. The van der Waals surface area contributed by atoms with E-state index in [1.807, 2.05) is 30.9 Å². The molecule has 2 aliphatic heterocycles. The first-order chi connectivity index (χ1) is 12.8. The molecule has 6 nitrogen and oxygen atoms in total. The van der Waals surface area contributed by atoms with Crippen LogP contribution in [0.2, 0.25) is 0 Å². The zero-order chi connectivity index (χ0) is 19.5. The molecule has 0 aliphatic carbocycles. The molecule has 0 unspecified atom stereocenters. The summed E-state index contributed by atoms with van der Waals surface area (Å²) in [7, 11) is -1.53. The van der Waals surface area contributed by atoms with Crippen molar-refractivity contribution in [2.45, 2.75) is 42.9 Å². The van der Waals surface area contributed by atoms with E-state index in [2.05, 4.69) is 29.1 Å². The topological polar surface area (TPSA) is 65.0 Å². The molecule has 150 valence electrons. The summed E-state index contributed by atoms with van der Waals surface area (Å²) in [6, 6.07) is 7.21. The first-order valence-electron chi connectivity index (χ1n) is 9.50. The molecule has 2 saturated heterocycles. The summed E-state index contributed by atoms with van der Waals surface area (Å²) in [6.45, 7) is 8.36. The zero-order valence-corrected chi connectivity index (χ0v) is 18.1. The van der Waals surface area contributed by atoms with Crippen LogP contribution >= 0.6 is 11.8 Å². The molecule has 1 N–H and O–H groups in total. The van der Waals surface area contributed by atoms with Crippen molar-refractivity contribution in [3.05, 3.63) is 29.8 Å². The van der Waals surface area contributed by atoms with Gasteiger partial charge in [-0.1, -0.05) is 12.1 Å². The zero-order valence-electron chi connectivity index (χ0n) is 16.4. The molecule has 3 rings (SSSR count). The van der Waals surface area contributed by atoms with Crippen LogP contribution in [-0.4, -0.2) is 67.3 Å². The van der Waals surface area contributed by atoms with E-state index < -0.39 is 10.0 Å². The van der Waals surface area contributed by atoms with E-state index in [9.17, 15) is 8.42 Å². The summed E-state index contributed by atoms with van der Waals surface area (Å²) in [6.07, 6.45) is 1.90. The van der Waals surface area contributed by atoms with Gasteiger partial charge in [-0.15, -0.1) is 0 Å². The lowest BCUT2D eigenvalue weighted by Gasteiger charge is -2.39. The number of nitrogens with zero attached hydrogens (tertiary/aromatic N) is 3. The maximum Gasteiger partial charge on any atom is 0.243 e. The van der Waals surface area contributed by atoms with Gasteiger partial charge in [0.1, 0.15) is 0 Å². The van der Waals surface area contributed by atoms with Crippen LogP contribution in [0.1, 0.15) is 32.3 Å². The van der Waals surface area contributed by atoms with Gasteiger partial charge in [0.25, 0.3) is 0 Å². The number of hydrogen-bond donors (Lipinski definition) is 1. The van der Waals surface area contributed by atoms with E-state index in [1.54, 1.807) is 16.4 Å². The predicted octanol–water partition coefficient (Wildman–Crippen LogP) is 2.37. The molecule has 8 heteroatoms. The molecule has 0 amide bonds. The van der Waals surface area contributed by atoms with E-state index in [-0.39, 0.29) is 4.75 Å². The van der Waals surface area contributed by atoms with Crippen LogP contribution in [0.4, 0.5) is 0 Å². The predicted molar refractivity (Wildman–Crippen MR) is 113 cm³/mol. The van der Waals surface area contributed by atoms with Gasteiger partial charge in [-0.2, -0.15) is 16.1 Å². The molecule has 0 bridgehead atoms. The van der Waals surface area contributed by atoms with Crippen molar-refractivity contribution in [3.63, 3.8) is 0 Å². The molecule has 1 aromatic rings. The Bertz CT molecular complexity index is 769. The van der Waals surface area contributed by atoms with Gasteiger partial charge in [0.15, 0.2) is 5.96 Å². The van der Waals surface area contributed by atoms with Crippen LogP contribution < -0.4 is 5.32 Å². The monoisotopic (exact) mass is 410 g/mol. The second kappa shape index (κ2) is 8.41. The van der Waals surface area contributed by atoms with E-state index in [0.717, 1.165) is 43.2 Å². The third kappa shape index (κ3) is 4.97. The Morgan fingerprint density at radius 3 is 2.44 bits per heavy atom. The molecule has 27 heavy (non-hydrogen) atoms. The van der Waals surface area contributed by atoms with Gasteiger partial charge >= 0.3 is 0 Å². The SMILES string of the molecule is CN=C(NCc1ccc(S(=O)(=O)N2CCCC2)cc1)N1CCSC(C)(C)C1. The average molecular weight is 411 g/mol. The summed E-state index contributed by atoms with van der Waals surface area (Å²) < 4.78 is 27.0. The van der Waals surface area contributed by atoms with Crippen LogP contribution in [0.25, 0.3) is 0 Å². The van der Waals surface area contributed by atoms with Gasteiger partial charge in [0, 0.05) is 50.3 Å². The van der Waals surface area contributed by atoms with Gasteiger partial charge in [0.05, 0.1) is 4.90 Å². The Morgan fingerprint density at radius 1 is 1.19 bits per heavy atom. The Hall–Kier alpha value is -1.25. The Morgan fingerprint density at radius 2 is 1.85 bits per heavy atom. The summed E-state index contributed by atoms with van der Waals surface area (Å²) in [5, 5.41) is 3.41. The van der Waals surface area contributed by atoms with Crippen molar-refractivity contribution in [2.75, 3.05) is 39.0 Å². The standard InChI is InChI=1S/C19H30N4O2S2/c1-19(2)15-22(12-13-26-19)18(20-3)21-14-16-6-8-17(9-7-16)27(24,25)23-10-4-5-11-23/h6-9H,4-5,10-15H2,1-3H3,(H,20,21). The fourth-order valence-electron chi connectivity index (χ4n) is 3.57. The van der Waals surface area contributed by atoms with Crippen LogP contribution in [-0.2, 0) is 16.6 Å². The summed E-state index contributed by atoms with van der Waals surface area (Å²) in [5.41, 5.74) is 1.04. The lowest BCUT2D eigenvalue weighted by molar-refractivity contribution is 0.375. The number of benzene rings is 1. The van der Waals surface area contributed by atoms with Gasteiger partial charge in [-0.25, -0.2) is 8.42 Å². The van der Waals surface area contributed by atoms with Crippen LogP contribution in [0.3, 0.4) is 0 Å². The van der Waals surface area contributed by atoms with E-state index in [0.29, 0.717) is 24.5 Å². The number of rotatable bonds is 4. The fraction of sp³-hybridized carbons (Fsp3) is 0.632. The van der Waals surface area contributed by atoms with Crippen molar-refractivity contribution in [1.29, 1.82) is 0 Å². The average Bonchev–Trinajstić information content (AvgIpc) is 3.17. The fourth-order valence-corrected chi connectivity index (χ4v) is 6.20. The molecule has 2 aliphatic rings. The quantitative estimate of drug-likeness (QED) is 0.610. The van der Waals surface area contributed by atoms with Crippen LogP contribution in [0, 0.1) is 0 Å². The lowest BCUT2D eigenvalue weighted by atomic mass is 10.2. The third-order valence-electron chi connectivity index (χ3n) is 5.01. The molecular formula is C19H30N4O2S2. The normalized spacial score (nSPS) is 21.4. The number of sulfonamides is 1. The van der Waals surface area contributed by atoms with Gasteiger partial charge in [0.2, 0.25) is 10.0 Å². The smallest absolute Gasteiger partial charge is 0.243 e. The van der Waals surface area contributed by atoms with Gasteiger partial charge < -0.3 is 10.2 Å². The van der Waals surface area contributed by atoms with E-state index in [1.165, 1.54) is 0 Å². The molecule has 0 radical (unpaired) electrons. The van der Waals surface area contributed by atoms with E-state index in [4.69, 9.17) is 0 Å². The molecule has 0 saturated carbocycles. The molecule has 2 fully saturated rings. The summed E-state index contributed by atoms with van der Waals surface area (Å²) in [5.74, 6) is 1.99. The minimum Gasteiger partial charge on any atom is -0.352 e. The van der Waals surface area contributed by atoms with Gasteiger partial charge in [-0.05, 0) is 44.4 Å². The third-order valence-corrected chi connectivity index (χ3v) is 8.22. The molecule has 0 spiro atoms. The molecule has 2 heterocycles. The lowest BCUT2D eigenvalue weighted by Crippen LogP contribution is -2.50. The Labute approximate surface area is 167 Å². The second-order valence-electron chi connectivity index (χ2n) is 7.69. The minimum atomic E-state index is -3.34. The van der Waals surface area contributed by atoms with E-state index >= 15 is 0 Å². The molecule has 0 atom stereocenters. The van der Waals surface area contributed by atoms with Crippen LogP contribution in [0.5, 0.6) is 0 Å². The van der Waals surface area contributed by atoms with Crippen molar-refractivity contribution in [1.82, 2.24) is 14.5 Å². The largest absolute Gasteiger partial charge is 0.352 e. The molecular weight excluding hydrogens is 380 g/mol. The summed E-state index contributed by atoms with van der Waals surface area (Å²) >= 11 is 2.00. The Kier molecular flexibility index (Phi) is 6.38. The van der Waals surface area contributed by atoms with Crippen molar-refractivity contribution in [2.24, 2.45) is 4.99 Å². The number of nitrogens with one attached hydrogen (secondary N) is 1.